The first-order valence-corrected chi connectivity index (χ1v) is 6.11. The van der Waals surface area contributed by atoms with Gasteiger partial charge in [0.25, 0.3) is 0 Å². The molecule has 2 nitrogen and oxygen atoms in total. The average Bonchev–Trinajstić information content (AvgIpc) is 2.84. The monoisotopic (exact) mass is 196 g/mol. The second-order valence-corrected chi connectivity index (χ2v) is 5.38. The van der Waals surface area contributed by atoms with Gasteiger partial charge in [-0.3, -0.25) is 0 Å². The van der Waals surface area contributed by atoms with Gasteiger partial charge >= 0.3 is 0 Å². The molecule has 2 aliphatic carbocycles. The van der Waals surface area contributed by atoms with Crippen LogP contribution in [0.2, 0.25) is 0 Å². The highest BCUT2D eigenvalue weighted by Crippen LogP contribution is 2.35. The minimum atomic E-state index is 0.504. The van der Waals surface area contributed by atoms with E-state index in [1.807, 2.05) is 0 Å². The Morgan fingerprint density at radius 1 is 1.29 bits per heavy atom. The normalized spacial score (nSPS) is 25.1. The number of hydrogen-bond acceptors (Lipinski definition) is 2. The molecule has 0 radical (unpaired) electrons. The summed E-state index contributed by atoms with van der Waals surface area (Å²) in [5.74, 6) is 1.07. The molecule has 2 rings (SSSR count). The van der Waals surface area contributed by atoms with Gasteiger partial charge in [0.05, 0.1) is 0 Å². The molecule has 0 bridgehead atoms. The first-order valence-electron chi connectivity index (χ1n) is 6.11. The molecule has 82 valence electrons. The van der Waals surface area contributed by atoms with E-state index in [2.05, 4.69) is 24.3 Å². The van der Waals surface area contributed by atoms with E-state index in [-0.39, 0.29) is 0 Å². The molecule has 0 atom stereocenters. The van der Waals surface area contributed by atoms with E-state index in [0.29, 0.717) is 5.54 Å². The van der Waals surface area contributed by atoms with Gasteiger partial charge < -0.3 is 10.2 Å². The van der Waals surface area contributed by atoms with Gasteiger partial charge in [0, 0.05) is 12.1 Å². The number of likely N-dealkylation sites (N-methyl/N-ethyl adjacent to an activating group) is 1. The van der Waals surface area contributed by atoms with Crippen LogP contribution in [0.4, 0.5) is 0 Å². The van der Waals surface area contributed by atoms with Gasteiger partial charge in [0.2, 0.25) is 0 Å². The maximum absolute atomic E-state index is 3.64. The molecule has 0 amide bonds. The van der Waals surface area contributed by atoms with Crippen LogP contribution in [-0.4, -0.2) is 37.6 Å². The summed E-state index contributed by atoms with van der Waals surface area (Å²) in [6.45, 7) is 2.44. The maximum Gasteiger partial charge on any atom is 0.0327 e. The fourth-order valence-corrected chi connectivity index (χ4v) is 2.40. The summed E-state index contributed by atoms with van der Waals surface area (Å²) in [7, 11) is 4.45. The predicted octanol–water partition coefficient (Wildman–Crippen LogP) is 1.86. The Bertz CT molecular complexity index is 181. The van der Waals surface area contributed by atoms with Crippen molar-refractivity contribution in [2.45, 2.75) is 44.1 Å². The van der Waals surface area contributed by atoms with E-state index in [0.717, 1.165) is 5.92 Å². The molecule has 0 saturated heterocycles. The van der Waals surface area contributed by atoms with Crippen molar-refractivity contribution in [3.05, 3.63) is 0 Å². The standard InChI is InChI=1S/C12H24N2/c1-14(2)12(7-3-8-12)10-13-9-6-11-4-5-11/h11,13H,3-10H2,1-2H3. The number of rotatable bonds is 6. The van der Waals surface area contributed by atoms with Crippen LogP contribution in [0.15, 0.2) is 0 Å². The van der Waals surface area contributed by atoms with Gasteiger partial charge in [-0.1, -0.05) is 12.8 Å². The lowest BCUT2D eigenvalue weighted by Gasteiger charge is -2.47. The zero-order valence-corrected chi connectivity index (χ0v) is 9.68. The molecule has 0 aromatic heterocycles. The van der Waals surface area contributed by atoms with E-state index < -0.39 is 0 Å². The van der Waals surface area contributed by atoms with E-state index in [1.54, 1.807) is 0 Å². The lowest BCUT2D eigenvalue weighted by Crippen LogP contribution is -2.56. The van der Waals surface area contributed by atoms with Crippen molar-refractivity contribution in [3.63, 3.8) is 0 Å². The number of nitrogens with one attached hydrogen (secondary N) is 1. The largest absolute Gasteiger partial charge is 0.315 e. The molecule has 0 unspecified atom stereocenters. The van der Waals surface area contributed by atoms with E-state index in [1.165, 1.54) is 51.6 Å². The van der Waals surface area contributed by atoms with Crippen molar-refractivity contribution in [3.8, 4) is 0 Å². The molecule has 14 heavy (non-hydrogen) atoms. The Labute approximate surface area is 88.1 Å². The highest BCUT2D eigenvalue weighted by Gasteiger charge is 2.38. The Kier molecular flexibility index (Phi) is 3.13. The summed E-state index contributed by atoms with van der Waals surface area (Å²) in [6, 6.07) is 0. The Hall–Kier alpha value is -0.0800. The van der Waals surface area contributed by atoms with Gasteiger partial charge in [-0.05, 0) is 52.2 Å². The summed E-state index contributed by atoms with van der Waals surface area (Å²) in [5, 5.41) is 3.64. The quantitative estimate of drug-likeness (QED) is 0.652. The summed E-state index contributed by atoms with van der Waals surface area (Å²) in [5.41, 5.74) is 0.504. The van der Waals surface area contributed by atoms with Crippen molar-refractivity contribution in [2.24, 2.45) is 5.92 Å². The fourth-order valence-electron chi connectivity index (χ4n) is 2.40. The topological polar surface area (TPSA) is 15.3 Å². The summed E-state index contributed by atoms with van der Waals surface area (Å²) >= 11 is 0. The van der Waals surface area contributed by atoms with Crippen molar-refractivity contribution in [1.82, 2.24) is 10.2 Å². The van der Waals surface area contributed by atoms with Crippen LogP contribution in [0, 0.1) is 5.92 Å². The molecule has 0 aliphatic heterocycles. The number of hydrogen-bond donors (Lipinski definition) is 1. The molecule has 0 heterocycles. The molecule has 0 aromatic carbocycles. The third-order valence-corrected chi connectivity index (χ3v) is 4.11. The lowest BCUT2D eigenvalue weighted by atomic mass is 9.75. The average molecular weight is 196 g/mol. The van der Waals surface area contributed by atoms with Crippen LogP contribution >= 0.6 is 0 Å². The van der Waals surface area contributed by atoms with Crippen LogP contribution in [0.25, 0.3) is 0 Å². The van der Waals surface area contributed by atoms with Gasteiger partial charge in [0.1, 0.15) is 0 Å². The van der Waals surface area contributed by atoms with Crippen molar-refractivity contribution >= 4 is 0 Å². The minimum absolute atomic E-state index is 0.504. The Balaban J connectivity index is 1.61. The first kappa shape index (κ1) is 10.4. The zero-order valence-electron chi connectivity index (χ0n) is 9.68. The molecule has 0 spiro atoms. The smallest absolute Gasteiger partial charge is 0.0327 e. The second-order valence-electron chi connectivity index (χ2n) is 5.38. The van der Waals surface area contributed by atoms with E-state index in [4.69, 9.17) is 0 Å². The van der Waals surface area contributed by atoms with Crippen LogP contribution in [0.5, 0.6) is 0 Å². The summed E-state index contributed by atoms with van der Waals surface area (Å²) < 4.78 is 0. The number of nitrogens with zero attached hydrogens (tertiary/aromatic N) is 1. The molecule has 2 aliphatic rings. The summed E-state index contributed by atoms with van der Waals surface area (Å²) in [6.07, 6.45) is 8.57. The predicted molar refractivity (Wildman–Crippen MR) is 60.5 cm³/mol. The minimum Gasteiger partial charge on any atom is -0.315 e. The molecule has 1 N–H and O–H groups in total. The maximum atomic E-state index is 3.64. The summed E-state index contributed by atoms with van der Waals surface area (Å²) in [4.78, 5) is 2.42. The van der Waals surface area contributed by atoms with Crippen molar-refractivity contribution in [2.75, 3.05) is 27.2 Å². The zero-order chi connectivity index (χ0) is 10.0. The highest BCUT2D eigenvalue weighted by molar-refractivity contribution is 4.97. The van der Waals surface area contributed by atoms with Gasteiger partial charge in [0.15, 0.2) is 0 Å². The van der Waals surface area contributed by atoms with Gasteiger partial charge in [-0.25, -0.2) is 0 Å². The highest BCUT2D eigenvalue weighted by atomic mass is 15.2. The molecular formula is C12H24N2. The van der Waals surface area contributed by atoms with Gasteiger partial charge in [-0.15, -0.1) is 0 Å². The van der Waals surface area contributed by atoms with Crippen LogP contribution in [0.1, 0.15) is 38.5 Å². The lowest BCUT2D eigenvalue weighted by molar-refractivity contribution is 0.0602. The Morgan fingerprint density at radius 2 is 2.00 bits per heavy atom. The van der Waals surface area contributed by atoms with E-state index >= 15 is 0 Å². The first-order chi connectivity index (χ1) is 6.73. The van der Waals surface area contributed by atoms with Crippen LogP contribution in [-0.2, 0) is 0 Å². The van der Waals surface area contributed by atoms with Gasteiger partial charge in [-0.2, -0.15) is 0 Å². The molecular weight excluding hydrogens is 172 g/mol. The second kappa shape index (κ2) is 4.19. The van der Waals surface area contributed by atoms with Crippen molar-refractivity contribution < 1.29 is 0 Å². The third kappa shape index (κ3) is 2.29. The molecule has 0 aromatic rings. The van der Waals surface area contributed by atoms with Crippen LogP contribution in [0.3, 0.4) is 0 Å². The van der Waals surface area contributed by atoms with Crippen molar-refractivity contribution in [1.29, 1.82) is 0 Å². The molecule has 2 saturated carbocycles. The Morgan fingerprint density at radius 3 is 2.43 bits per heavy atom. The SMILES string of the molecule is CN(C)C1(CNCCC2CC2)CCC1. The van der Waals surface area contributed by atoms with Crippen LogP contribution < -0.4 is 5.32 Å². The fraction of sp³-hybridized carbons (Fsp3) is 1.00. The van der Waals surface area contributed by atoms with E-state index in [9.17, 15) is 0 Å². The molecule has 2 heteroatoms. The molecule has 2 fully saturated rings. The third-order valence-electron chi connectivity index (χ3n) is 4.11.